The van der Waals surface area contributed by atoms with Gasteiger partial charge in [0.05, 0.1) is 5.54 Å². The molecule has 1 atom stereocenters. The highest BCUT2D eigenvalue weighted by molar-refractivity contribution is 5.94. The van der Waals surface area contributed by atoms with Gasteiger partial charge in [0.1, 0.15) is 0 Å². The van der Waals surface area contributed by atoms with E-state index in [4.69, 9.17) is 0 Å². The number of rotatable bonds is 2. The minimum absolute atomic E-state index is 0.0273. The van der Waals surface area contributed by atoms with Crippen molar-refractivity contribution in [3.8, 4) is 0 Å². The monoisotopic (exact) mass is 336 g/mol. The standard InChI is InChI=1S/C19H20N4O2/c24-17-12-16(15-2-1-7-21-13-15)19(22-17)5-10-23(11-6-19)18(25)14-3-8-20-9-4-14/h1-4,7-9,13,16H,5-6,10-12H2,(H,22,24)/t16-/m1/s1. The molecule has 0 bridgehead atoms. The van der Waals surface area contributed by atoms with Gasteiger partial charge < -0.3 is 10.2 Å². The van der Waals surface area contributed by atoms with Crippen LogP contribution in [0.3, 0.4) is 0 Å². The lowest BCUT2D eigenvalue weighted by molar-refractivity contribution is -0.120. The van der Waals surface area contributed by atoms with Gasteiger partial charge in [0.2, 0.25) is 5.91 Å². The van der Waals surface area contributed by atoms with Crippen LogP contribution in [0.5, 0.6) is 0 Å². The highest BCUT2D eigenvalue weighted by Crippen LogP contribution is 2.43. The SMILES string of the molecule is O=C1C[C@H](c2cccnc2)C2(CCN(C(=O)c3ccncc3)CC2)N1. The molecule has 2 aliphatic heterocycles. The zero-order chi connectivity index (χ0) is 17.3. The molecule has 4 rings (SSSR count). The maximum atomic E-state index is 12.6. The van der Waals surface area contributed by atoms with Gasteiger partial charge in [-0.05, 0) is 36.6 Å². The predicted molar refractivity (Wildman–Crippen MR) is 91.8 cm³/mol. The van der Waals surface area contributed by atoms with E-state index in [-0.39, 0.29) is 23.3 Å². The number of nitrogens with zero attached hydrogens (tertiary/aromatic N) is 3. The van der Waals surface area contributed by atoms with E-state index in [1.54, 1.807) is 30.7 Å². The molecule has 2 amide bonds. The number of hydrogen-bond acceptors (Lipinski definition) is 4. The number of hydrogen-bond donors (Lipinski definition) is 1. The summed E-state index contributed by atoms with van der Waals surface area (Å²) in [6.07, 6.45) is 8.87. The molecule has 6 nitrogen and oxygen atoms in total. The van der Waals surface area contributed by atoms with Gasteiger partial charge in [0.15, 0.2) is 0 Å². The molecule has 1 N–H and O–H groups in total. The molecule has 0 saturated carbocycles. The number of pyridine rings is 2. The van der Waals surface area contributed by atoms with Crippen molar-refractivity contribution in [3.63, 3.8) is 0 Å². The summed E-state index contributed by atoms with van der Waals surface area (Å²) in [6, 6.07) is 7.42. The first kappa shape index (κ1) is 15.7. The molecule has 0 radical (unpaired) electrons. The van der Waals surface area contributed by atoms with Gasteiger partial charge in [-0.25, -0.2) is 0 Å². The van der Waals surface area contributed by atoms with E-state index in [1.165, 1.54) is 0 Å². The quantitative estimate of drug-likeness (QED) is 0.907. The number of piperidine rings is 1. The number of amides is 2. The minimum Gasteiger partial charge on any atom is -0.350 e. The lowest BCUT2D eigenvalue weighted by atomic mass is 9.74. The lowest BCUT2D eigenvalue weighted by Gasteiger charge is -2.42. The van der Waals surface area contributed by atoms with E-state index in [9.17, 15) is 9.59 Å². The van der Waals surface area contributed by atoms with Crippen molar-refractivity contribution in [1.82, 2.24) is 20.2 Å². The first-order valence-electron chi connectivity index (χ1n) is 8.58. The molecule has 25 heavy (non-hydrogen) atoms. The van der Waals surface area contributed by atoms with Gasteiger partial charge >= 0.3 is 0 Å². The predicted octanol–water partition coefficient (Wildman–Crippen LogP) is 1.76. The fourth-order valence-electron chi connectivity index (χ4n) is 4.07. The summed E-state index contributed by atoms with van der Waals surface area (Å²) in [7, 11) is 0. The fourth-order valence-corrected chi connectivity index (χ4v) is 4.07. The molecule has 2 fully saturated rings. The summed E-state index contributed by atoms with van der Waals surface area (Å²) >= 11 is 0. The fraction of sp³-hybridized carbons (Fsp3) is 0.368. The number of carbonyl (C=O) groups excluding carboxylic acids is 2. The Balaban J connectivity index is 1.51. The Hall–Kier alpha value is -2.76. The molecule has 128 valence electrons. The second kappa shape index (κ2) is 6.27. The van der Waals surface area contributed by atoms with Crippen molar-refractivity contribution in [2.75, 3.05) is 13.1 Å². The Morgan fingerprint density at radius 2 is 1.88 bits per heavy atom. The summed E-state index contributed by atoms with van der Waals surface area (Å²) < 4.78 is 0. The Morgan fingerprint density at radius 3 is 2.56 bits per heavy atom. The van der Waals surface area contributed by atoms with Crippen molar-refractivity contribution in [1.29, 1.82) is 0 Å². The molecule has 1 spiro atoms. The molecule has 2 aromatic rings. The van der Waals surface area contributed by atoms with Crippen LogP contribution >= 0.6 is 0 Å². The molecule has 2 aliphatic rings. The third-order valence-corrected chi connectivity index (χ3v) is 5.40. The van der Waals surface area contributed by atoms with Crippen molar-refractivity contribution in [3.05, 3.63) is 60.2 Å². The van der Waals surface area contributed by atoms with E-state index in [2.05, 4.69) is 15.3 Å². The molecule has 0 unspecified atom stereocenters. The van der Waals surface area contributed by atoms with Crippen LogP contribution in [-0.2, 0) is 4.79 Å². The molecule has 6 heteroatoms. The van der Waals surface area contributed by atoms with E-state index in [0.29, 0.717) is 25.1 Å². The first-order chi connectivity index (χ1) is 12.2. The van der Waals surface area contributed by atoms with Gasteiger partial charge in [-0.3, -0.25) is 19.6 Å². The Bertz CT molecular complexity index is 771. The molecular weight excluding hydrogens is 316 g/mol. The van der Waals surface area contributed by atoms with Crippen molar-refractivity contribution in [2.45, 2.75) is 30.7 Å². The lowest BCUT2D eigenvalue weighted by Crippen LogP contribution is -2.54. The maximum absolute atomic E-state index is 12.6. The Morgan fingerprint density at radius 1 is 1.12 bits per heavy atom. The summed E-state index contributed by atoms with van der Waals surface area (Å²) in [6.45, 7) is 1.27. The van der Waals surface area contributed by atoms with Gasteiger partial charge in [0.25, 0.3) is 5.91 Å². The third-order valence-electron chi connectivity index (χ3n) is 5.40. The first-order valence-corrected chi connectivity index (χ1v) is 8.58. The van der Waals surface area contributed by atoms with Gasteiger partial charge in [0, 0.05) is 55.8 Å². The second-order valence-electron chi connectivity index (χ2n) is 6.78. The summed E-state index contributed by atoms with van der Waals surface area (Å²) in [5.41, 5.74) is 1.48. The normalized spacial score (nSPS) is 22.0. The van der Waals surface area contributed by atoms with E-state index < -0.39 is 0 Å². The van der Waals surface area contributed by atoms with Crippen LogP contribution in [-0.4, -0.2) is 45.3 Å². The molecule has 2 saturated heterocycles. The van der Waals surface area contributed by atoms with Crippen LogP contribution in [0.2, 0.25) is 0 Å². The van der Waals surface area contributed by atoms with Crippen LogP contribution < -0.4 is 5.32 Å². The topological polar surface area (TPSA) is 75.2 Å². The molecule has 0 aliphatic carbocycles. The average Bonchev–Trinajstić information content (AvgIpc) is 2.99. The van der Waals surface area contributed by atoms with Crippen LogP contribution in [0.15, 0.2) is 49.1 Å². The van der Waals surface area contributed by atoms with E-state index in [0.717, 1.165) is 18.4 Å². The molecule has 0 aromatic carbocycles. The van der Waals surface area contributed by atoms with Crippen molar-refractivity contribution >= 4 is 11.8 Å². The Kier molecular flexibility index (Phi) is 3.95. The smallest absolute Gasteiger partial charge is 0.253 e. The van der Waals surface area contributed by atoms with E-state index in [1.807, 2.05) is 23.2 Å². The minimum atomic E-state index is -0.269. The number of carbonyl (C=O) groups is 2. The largest absolute Gasteiger partial charge is 0.350 e. The zero-order valence-corrected chi connectivity index (χ0v) is 13.9. The Labute approximate surface area is 146 Å². The van der Waals surface area contributed by atoms with Gasteiger partial charge in [-0.15, -0.1) is 0 Å². The van der Waals surface area contributed by atoms with Crippen molar-refractivity contribution in [2.24, 2.45) is 0 Å². The summed E-state index contributed by atoms with van der Waals surface area (Å²) in [4.78, 5) is 34.8. The maximum Gasteiger partial charge on any atom is 0.253 e. The highest BCUT2D eigenvalue weighted by atomic mass is 16.2. The summed E-state index contributed by atoms with van der Waals surface area (Å²) in [5, 5.41) is 3.20. The highest BCUT2D eigenvalue weighted by Gasteiger charge is 2.49. The number of aromatic nitrogens is 2. The summed E-state index contributed by atoms with van der Waals surface area (Å²) in [5.74, 6) is 0.231. The van der Waals surface area contributed by atoms with Gasteiger partial charge in [-0.2, -0.15) is 0 Å². The van der Waals surface area contributed by atoms with Crippen LogP contribution in [0, 0.1) is 0 Å². The average molecular weight is 336 g/mol. The number of nitrogens with one attached hydrogen (secondary N) is 1. The van der Waals surface area contributed by atoms with Crippen LogP contribution in [0.1, 0.15) is 41.1 Å². The zero-order valence-electron chi connectivity index (χ0n) is 13.9. The molecule has 4 heterocycles. The van der Waals surface area contributed by atoms with Gasteiger partial charge in [-0.1, -0.05) is 6.07 Å². The van der Waals surface area contributed by atoms with Crippen LogP contribution in [0.4, 0.5) is 0 Å². The van der Waals surface area contributed by atoms with E-state index >= 15 is 0 Å². The third kappa shape index (κ3) is 2.88. The molecular formula is C19H20N4O2. The van der Waals surface area contributed by atoms with Crippen LogP contribution in [0.25, 0.3) is 0 Å². The number of likely N-dealkylation sites (tertiary alicyclic amines) is 1. The molecule has 2 aromatic heterocycles. The van der Waals surface area contributed by atoms with Crippen molar-refractivity contribution < 1.29 is 9.59 Å². The second-order valence-corrected chi connectivity index (χ2v) is 6.78.